The van der Waals surface area contributed by atoms with Gasteiger partial charge in [-0.25, -0.2) is 0 Å². The van der Waals surface area contributed by atoms with Crippen LogP contribution in [0.15, 0.2) is 24.3 Å². The van der Waals surface area contributed by atoms with Crippen molar-refractivity contribution < 1.29 is 4.79 Å². The summed E-state index contributed by atoms with van der Waals surface area (Å²) in [4.78, 5) is 13.4. The van der Waals surface area contributed by atoms with Crippen molar-refractivity contribution in [2.75, 3.05) is 0 Å². The summed E-state index contributed by atoms with van der Waals surface area (Å²) in [6, 6.07) is 6.05. The van der Waals surface area contributed by atoms with Gasteiger partial charge in [0.15, 0.2) is 5.78 Å². The van der Waals surface area contributed by atoms with E-state index in [0.29, 0.717) is 11.7 Å². The Labute approximate surface area is 155 Å². The van der Waals surface area contributed by atoms with Gasteiger partial charge in [-0.1, -0.05) is 17.7 Å². The first-order valence-corrected chi connectivity index (χ1v) is 10.1. The molecular weight excluding hydrogens is 330 g/mol. The summed E-state index contributed by atoms with van der Waals surface area (Å²) in [5, 5.41) is 4.39. The van der Waals surface area contributed by atoms with Gasteiger partial charge in [-0.3, -0.25) is 4.79 Å². The van der Waals surface area contributed by atoms with Crippen LogP contribution in [0.1, 0.15) is 57.1 Å². The Hall–Kier alpha value is -1.28. The first-order chi connectivity index (χ1) is 11.8. The molecule has 0 spiro atoms. The van der Waals surface area contributed by atoms with Crippen LogP contribution in [0.5, 0.6) is 0 Å². The lowest BCUT2D eigenvalue weighted by Crippen LogP contribution is -2.44. The topological polar surface area (TPSA) is 29.1 Å². The summed E-state index contributed by atoms with van der Waals surface area (Å²) in [6.45, 7) is 4.38. The second-order valence-corrected chi connectivity index (χ2v) is 10.0. The average Bonchev–Trinajstić information content (AvgIpc) is 2.91. The van der Waals surface area contributed by atoms with E-state index in [1.165, 1.54) is 24.8 Å². The van der Waals surface area contributed by atoms with E-state index in [2.05, 4.69) is 31.3 Å². The number of allylic oxidation sites excluding steroid dienone is 1. The van der Waals surface area contributed by atoms with Crippen molar-refractivity contribution >= 4 is 23.1 Å². The van der Waals surface area contributed by atoms with Crippen LogP contribution in [0, 0.1) is 23.2 Å². The number of rotatable bonds is 2. The highest BCUT2D eigenvalue weighted by Gasteiger charge is 2.60. The fourth-order valence-electron chi connectivity index (χ4n) is 6.51. The van der Waals surface area contributed by atoms with Crippen molar-refractivity contribution in [3.05, 3.63) is 40.4 Å². The van der Waals surface area contributed by atoms with Crippen molar-refractivity contribution in [2.45, 2.75) is 57.9 Å². The van der Waals surface area contributed by atoms with Crippen molar-refractivity contribution in [3.8, 4) is 0 Å². The Morgan fingerprint density at radius 1 is 1.20 bits per heavy atom. The number of halogens is 1. The molecule has 2 atom stereocenters. The van der Waals surface area contributed by atoms with Gasteiger partial charge in [0.2, 0.25) is 0 Å². The molecular formula is C22H26ClNO. The Bertz CT molecular complexity index is 779. The van der Waals surface area contributed by atoms with Crippen LogP contribution in [-0.4, -0.2) is 11.3 Å². The monoisotopic (exact) mass is 355 g/mol. The maximum absolute atomic E-state index is 13.4. The number of fused-ring (bicyclic) bond motifs is 1. The number of hydrogen-bond acceptors (Lipinski definition) is 2. The van der Waals surface area contributed by atoms with E-state index >= 15 is 0 Å². The van der Waals surface area contributed by atoms with Gasteiger partial charge in [-0.15, -0.1) is 0 Å². The second kappa shape index (κ2) is 5.13. The van der Waals surface area contributed by atoms with Gasteiger partial charge in [0.25, 0.3) is 0 Å². The quantitative estimate of drug-likeness (QED) is 0.756. The summed E-state index contributed by atoms with van der Waals surface area (Å²) >= 11 is 6.21. The molecule has 0 aromatic heterocycles. The maximum atomic E-state index is 13.4. The van der Waals surface area contributed by atoms with Gasteiger partial charge in [0, 0.05) is 33.3 Å². The second-order valence-electron chi connectivity index (χ2n) is 9.61. The van der Waals surface area contributed by atoms with E-state index in [0.717, 1.165) is 47.4 Å². The molecule has 4 fully saturated rings. The summed E-state index contributed by atoms with van der Waals surface area (Å²) in [6.07, 6.45) is 9.08. The Morgan fingerprint density at radius 3 is 2.64 bits per heavy atom. The van der Waals surface area contributed by atoms with E-state index in [-0.39, 0.29) is 11.0 Å². The van der Waals surface area contributed by atoms with Crippen LogP contribution < -0.4 is 5.32 Å². The standard InChI is InChI=1S/C22H26ClNO/c1-21(2)12-15-8-17(23)3-4-18(15)19(24-21)9-20(25)22-10-13-5-14(11-22)7-16(22)6-13/h3-4,8-9,13-14,16,24H,5-7,10-12H2,1-2H3/b19-9-. The molecule has 3 heteroatoms. The lowest BCUT2D eigenvalue weighted by molar-refractivity contribution is -0.125. The van der Waals surface area contributed by atoms with Gasteiger partial charge >= 0.3 is 0 Å². The highest BCUT2D eigenvalue weighted by Crippen LogP contribution is 2.65. The fourth-order valence-corrected chi connectivity index (χ4v) is 6.71. The van der Waals surface area contributed by atoms with Crippen LogP contribution in [0.3, 0.4) is 0 Å². The predicted molar refractivity (Wildman–Crippen MR) is 101 cm³/mol. The molecule has 1 aromatic carbocycles. The summed E-state index contributed by atoms with van der Waals surface area (Å²) in [5.41, 5.74) is 3.27. The molecule has 25 heavy (non-hydrogen) atoms. The third-order valence-corrected chi connectivity index (χ3v) is 7.45. The van der Waals surface area contributed by atoms with Crippen molar-refractivity contribution in [1.82, 2.24) is 5.32 Å². The third-order valence-electron chi connectivity index (χ3n) is 7.22. The number of carbonyl (C=O) groups is 1. The minimum atomic E-state index is -0.0612. The number of nitrogens with one attached hydrogen (secondary N) is 1. The van der Waals surface area contributed by atoms with E-state index in [1.54, 1.807) is 0 Å². The summed E-state index contributed by atoms with van der Waals surface area (Å²) in [7, 11) is 0. The molecule has 4 saturated carbocycles. The number of carbonyl (C=O) groups excluding carboxylic acids is 1. The zero-order chi connectivity index (χ0) is 17.4. The minimum absolute atomic E-state index is 0.0452. The number of hydrogen-bond donors (Lipinski definition) is 1. The van der Waals surface area contributed by atoms with E-state index in [1.807, 2.05) is 12.1 Å². The van der Waals surface area contributed by atoms with Gasteiger partial charge in [-0.2, -0.15) is 0 Å². The van der Waals surface area contributed by atoms with Gasteiger partial charge in [0.05, 0.1) is 0 Å². The van der Waals surface area contributed by atoms with Crippen molar-refractivity contribution in [2.24, 2.45) is 23.2 Å². The largest absolute Gasteiger partial charge is 0.379 e. The molecule has 0 saturated heterocycles. The first kappa shape index (κ1) is 15.9. The van der Waals surface area contributed by atoms with Crippen molar-refractivity contribution in [3.63, 3.8) is 0 Å². The van der Waals surface area contributed by atoms with Crippen LogP contribution in [0.2, 0.25) is 5.02 Å². The molecule has 1 heterocycles. The molecule has 132 valence electrons. The molecule has 1 aliphatic heterocycles. The highest BCUT2D eigenvalue weighted by molar-refractivity contribution is 6.30. The molecule has 6 rings (SSSR count). The van der Waals surface area contributed by atoms with Crippen LogP contribution in [-0.2, 0) is 11.2 Å². The van der Waals surface area contributed by atoms with Crippen LogP contribution in [0.25, 0.3) is 5.70 Å². The molecule has 4 aliphatic carbocycles. The molecule has 0 radical (unpaired) electrons. The SMILES string of the molecule is CC1(C)Cc2cc(Cl)ccc2/C(=C/C(=O)C23CC4CC(CC2C4)C3)N1. The number of benzene rings is 1. The molecule has 4 bridgehead atoms. The van der Waals surface area contributed by atoms with Gasteiger partial charge in [0.1, 0.15) is 0 Å². The summed E-state index contributed by atoms with van der Waals surface area (Å²) in [5.74, 6) is 2.63. The zero-order valence-corrected chi connectivity index (χ0v) is 15.8. The molecule has 2 unspecified atom stereocenters. The maximum Gasteiger partial charge on any atom is 0.164 e. The zero-order valence-electron chi connectivity index (χ0n) is 15.1. The van der Waals surface area contributed by atoms with E-state index in [9.17, 15) is 4.79 Å². The summed E-state index contributed by atoms with van der Waals surface area (Å²) < 4.78 is 0. The smallest absolute Gasteiger partial charge is 0.164 e. The first-order valence-electron chi connectivity index (χ1n) is 9.68. The molecule has 5 aliphatic rings. The molecule has 1 N–H and O–H groups in total. The third kappa shape index (κ3) is 2.40. The Kier molecular flexibility index (Phi) is 3.27. The molecule has 0 amide bonds. The fraction of sp³-hybridized carbons (Fsp3) is 0.591. The van der Waals surface area contributed by atoms with E-state index < -0.39 is 0 Å². The van der Waals surface area contributed by atoms with E-state index in [4.69, 9.17) is 11.6 Å². The average molecular weight is 356 g/mol. The van der Waals surface area contributed by atoms with Crippen LogP contribution in [0.4, 0.5) is 0 Å². The normalized spacial score (nSPS) is 38.7. The van der Waals surface area contributed by atoms with Gasteiger partial charge < -0.3 is 5.32 Å². The lowest BCUT2D eigenvalue weighted by atomic mass is 9.72. The highest BCUT2D eigenvalue weighted by atomic mass is 35.5. The van der Waals surface area contributed by atoms with Crippen molar-refractivity contribution in [1.29, 1.82) is 0 Å². The van der Waals surface area contributed by atoms with Gasteiger partial charge in [-0.05, 0) is 87.8 Å². The minimum Gasteiger partial charge on any atom is -0.379 e. The molecule has 2 nitrogen and oxygen atoms in total. The Balaban J connectivity index is 1.54. The Morgan fingerprint density at radius 2 is 1.92 bits per heavy atom. The predicted octanol–water partition coefficient (Wildman–Crippen LogP) is 5.00. The van der Waals surface area contributed by atoms with Crippen LogP contribution >= 0.6 is 11.6 Å². The molecule has 1 aromatic rings. The number of ketones is 1. The lowest BCUT2D eigenvalue weighted by Gasteiger charge is -2.36.